The summed E-state index contributed by atoms with van der Waals surface area (Å²) in [5.74, 6) is 0.306. The van der Waals surface area contributed by atoms with Gasteiger partial charge in [0.15, 0.2) is 5.82 Å². The van der Waals surface area contributed by atoms with E-state index in [1.165, 1.54) is 11.0 Å². The molecule has 0 atom stereocenters. The minimum atomic E-state index is -0.340. The van der Waals surface area contributed by atoms with Crippen LogP contribution in [0.4, 0.5) is 5.82 Å². The molecule has 0 bridgehead atoms. The van der Waals surface area contributed by atoms with Gasteiger partial charge in [-0.2, -0.15) is 0 Å². The second-order valence-electron chi connectivity index (χ2n) is 8.11. The van der Waals surface area contributed by atoms with E-state index in [4.69, 9.17) is 23.2 Å². The lowest BCUT2D eigenvalue weighted by atomic mass is 10.1. The van der Waals surface area contributed by atoms with Gasteiger partial charge in [-0.15, -0.1) is 16.8 Å². The van der Waals surface area contributed by atoms with Crippen molar-refractivity contribution in [1.29, 1.82) is 0 Å². The fraction of sp³-hybridized carbons (Fsp3) is 0.231. The van der Waals surface area contributed by atoms with Crippen LogP contribution in [0.25, 0.3) is 11.3 Å². The Morgan fingerprint density at radius 3 is 2.34 bits per heavy atom. The standard InChI is InChI=1S/C26H25Cl2N5O2/c1-2-12-33(26(35)21-9-8-20(27)17-22(21)28)18-25(34)32-15-13-31(14-16-32)24-11-10-23(29-30-24)19-6-4-3-5-7-19/h2-11,17H,1,12-16,18H2. The van der Waals surface area contributed by atoms with Crippen molar-refractivity contribution in [3.63, 3.8) is 0 Å². The largest absolute Gasteiger partial charge is 0.352 e. The van der Waals surface area contributed by atoms with Gasteiger partial charge in [-0.1, -0.05) is 59.6 Å². The highest BCUT2D eigenvalue weighted by atomic mass is 35.5. The smallest absolute Gasteiger partial charge is 0.256 e. The van der Waals surface area contributed by atoms with Gasteiger partial charge in [0, 0.05) is 43.3 Å². The third kappa shape index (κ3) is 5.99. The molecule has 4 rings (SSSR count). The SMILES string of the molecule is C=CCN(CC(=O)N1CCN(c2ccc(-c3ccccc3)nn2)CC1)C(=O)c1ccc(Cl)cc1Cl. The molecule has 2 amide bonds. The van der Waals surface area contributed by atoms with Crippen LogP contribution >= 0.6 is 23.2 Å². The number of rotatable bonds is 7. The molecule has 0 aliphatic carbocycles. The maximum atomic E-state index is 13.0. The van der Waals surface area contributed by atoms with E-state index < -0.39 is 0 Å². The van der Waals surface area contributed by atoms with Crippen LogP contribution in [-0.2, 0) is 4.79 Å². The first kappa shape index (κ1) is 24.7. The zero-order valence-corrected chi connectivity index (χ0v) is 20.6. The van der Waals surface area contributed by atoms with E-state index in [0.29, 0.717) is 36.8 Å². The van der Waals surface area contributed by atoms with Crippen LogP contribution in [0.3, 0.4) is 0 Å². The maximum absolute atomic E-state index is 13.0. The molecule has 180 valence electrons. The van der Waals surface area contributed by atoms with E-state index in [1.807, 2.05) is 42.5 Å². The predicted molar refractivity (Wildman–Crippen MR) is 139 cm³/mol. The van der Waals surface area contributed by atoms with E-state index in [2.05, 4.69) is 21.7 Å². The summed E-state index contributed by atoms with van der Waals surface area (Å²) in [7, 11) is 0. The Labute approximate surface area is 214 Å². The molecule has 2 aromatic carbocycles. The predicted octanol–water partition coefficient (Wildman–Crippen LogP) is 4.43. The van der Waals surface area contributed by atoms with Crippen molar-refractivity contribution in [2.24, 2.45) is 0 Å². The van der Waals surface area contributed by atoms with Crippen LogP contribution < -0.4 is 4.90 Å². The first-order valence-electron chi connectivity index (χ1n) is 11.2. The molecule has 1 fully saturated rings. The summed E-state index contributed by atoms with van der Waals surface area (Å²) >= 11 is 12.1. The van der Waals surface area contributed by atoms with Gasteiger partial charge in [0.2, 0.25) is 5.91 Å². The quantitative estimate of drug-likeness (QED) is 0.440. The number of benzene rings is 2. The highest BCUT2D eigenvalue weighted by Crippen LogP contribution is 2.23. The van der Waals surface area contributed by atoms with E-state index in [9.17, 15) is 9.59 Å². The van der Waals surface area contributed by atoms with Crippen molar-refractivity contribution in [3.8, 4) is 11.3 Å². The third-order valence-electron chi connectivity index (χ3n) is 5.80. The van der Waals surface area contributed by atoms with Gasteiger partial charge in [0.1, 0.15) is 6.54 Å². The van der Waals surface area contributed by atoms with Crippen molar-refractivity contribution in [2.75, 3.05) is 44.2 Å². The number of hydrogen-bond acceptors (Lipinski definition) is 5. The number of aromatic nitrogens is 2. The molecule has 35 heavy (non-hydrogen) atoms. The van der Waals surface area contributed by atoms with Gasteiger partial charge in [-0.05, 0) is 30.3 Å². The fourth-order valence-corrected chi connectivity index (χ4v) is 4.40. The van der Waals surface area contributed by atoms with Crippen molar-refractivity contribution >= 4 is 40.8 Å². The van der Waals surface area contributed by atoms with E-state index >= 15 is 0 Å². The molecular formula is C26H25Cl2N5O2. The van der Waals surface area contributed by atoms with E-state index in [0.717, 1.165) is 17.1 Å². The molecular weight excluding hydrogens is 485 g/mol. The number of piperazine rings is 1. The summed E-state index contributed by atoms with van der Waals surface area (Å²) in [6.45, 7) is 6.19. The van der Waals surface area contributed by atoms with Crippen LogP contribution in [0.2, 0.25) is 10.0 Å². The lowest BCUT2D eigenvalue weighted by Crippen LogP contribution is -2.52. The Hall–Kier alpha value is -3.42. The number of halogens is 2. The van der Waals surface area contributed by atoms with Gasteiger partial charge in [0.25, 0.3) is 5.91 Å². The Morgan fingerprint density at radius 1 is 0.971 bits per heavy atom. The van der Waals surface area contributed by atoms with Crippen molar-refractivity contribution in [1.82, 2.24) is 20.0 Å². The van der Waals surface area contributed by atoms with Crippen LogP contribution in [0.1, 0.15) is 10.4 Å². The molecule has 2 heterocycles. The number of amides is 2. The summed E-state index contributed by atoms with van der Waals surface area (Å²) in [5.41, 5.74) is 2.13. The van der Waals surface area contributed by atoms with Crippen LogP contribution in [0.5, 0.6) is 0 Å². The van der Waals surface area contributed by atoms with Gasteiger partial charge in [-0.3, -0.25) is 9.59 Å². The summed E-state index contributed by atoms with van der Waals surface area (Å²) in [6.07, 6.45) is 1.59. The molecule has 0 saturated carbocycles. The van der Waals surface area contributed by atoms with Gasteiger partial charge in [0.05, 0.1) is 16.3 Å². The molecule has 1 aliphatic rings. The highest BCUT2D eigenvalue weighted by molar-refractivity contribution is 6.36. The van der Waals surface area contributed by atoms with Gasteiger partial charge in [-0.25, -0.2) is 0 Å². The average molecular weight is 510 g/mol. The summed E-state index contributed by atoms with van der Waals surface area (Å²) < 4.78 is 0. The van der Waals surface area contributed by atoms with E-state index in [1.54, 1.807) is 23.1 Å². The van der Waals surface area contributed by atoms with Crippen molar-refractivity contribution in [3.05, 3.63) is 88.9 Å². The molecule has 1 aromatic heterocycles. The first-order valence-corrected chi connectivity index (χ1v) is 12.0. The molecule has 3 aromatic rings. The Morgan fingerprint density at radius 2 is 1.71 bits per heavy atom. The summed E-state index contributed by atoms with van der Waals surface area (Å²) in [6, 6.07) is 18.5. The minimum absolute atomic E-state index is 0.0601. The van der Waals surface area contributed by atoms with Gasteiger partial charge < -0.3 is 14.7 Å². The Kier molecular flexibility index (Phi) is 8.00. The molecule has 0 N–H and O–H groups in total. The van der Waals surface area contributed by atoms with Crippen LogP contribution in [0, 0.1) is 0 Å². The molecule has 1 aliphatic heterocycles. The lowest BCUT2D eigenvalue weighted by molar-refractivity contribution is -0.132. The normalized spacial score (nSPS) is 13.4. The second-order valence-corrected chi connectivity index (χ2v) is 8.95. The lowest BCUT2D eigenvalue weighted by Gasteiger charge is -2.36. The fourth-order valence-electron chi connectivity index (χ4n) is 3.91. The topological polar surface area (TPSA) is 69.6 Å². The van der Waals surface area contributed by atoms with E-state index in [-0.39, 0.29) is 29.9 Å². The van der Waals surface area contributed by atoms with Crippen molar-refractivity contribution < 1.29 is 9.59 Å². The molecule has 0 unspecified atom stereocenters. The Balaban J connectivity index is 1.35. The molecule has 7 nitrogen and oxygen atoms in total. The highest BCUT2D eigenvalue weighted by Gasteiger charge is 2.26. The molecule has 0 radical (unpaired) electrons. The van der Waals surface area contributed by atoms with Gasteiger partial charge >= 0.3 is 0 Å². The summed E-state index contributed by atoms with van der Waals surface area (Å²) in [4.78, 5) is 31.3. The Bertz CT molecular complexity index is 1200. The number of hydrogen-bond donors (Lipinski definition) is 0. The number of anilines is 1. The van der Waals surface area contributed by atoms with Crippen LogP contribution in [-0.4, -0.2) is 71.1 Å². The number of nitrogens with zero attached hydrogens (tertiary/aromatic N) is 5. The van der Waals surface area contributed by atoms with Crippen molar-refractivity contribution in [2.45, 2.75) is 0 Å². The molecule has 0 spiro atoms. The van der Waals surface area contributed by atoms with Crippen LogP contribution in [0.15, 0.2) is 73.3 Å². The average Bonchev–Trinajstić information content (AvgIpc) is 2.89. The zero-order valence-electron chi connectivity index (χ0n) is 19.1. The second kappa shape index (κ2) is 11.3. The molecule has 1 saturated heterocycles. The third-order valence-corrected chi connectivity index (χ3v) is 6.35. The minimum Gasteiger partial charge on any atom is -0.352 e. The number of carbonyl (C=O) groups excluding carboxylic acids is 2. The number of carbonyl (C=O) groups is 2. The maximum Gasteiger partial charge on any atom is 0.256 e. The zero-order chi connectivity index (χ0) is 24.8. The molecule has 9 heteroatoms. The summed E-state index contributed by atoms with van der Waals surface area (Å²) in [5, 5.41) is 9.42. The first-order chi connectivity index (χ1) is 17.0. The monoisotopic (exact) mass is 509 g/mol.